The first-order valence-electron chi connectivity index (χ1n) is 4.04. The van der Waals surface area contributed by atoms with Crippen LogP contribution in [-0.4, -0.2) is 24.7 Å². The largest absolute Gasteiger partial charge is 0.465 e. The molecule has 15 heavy (non-hydrogen) atoms. The van der Waals surface area contributed by atoms with Crippen molar-refractivity contribution in [2.24, 2.45) is 4.99 Å². The highest BCUT2D eigenvalue weighted by atomic mass is 79.9. The van der Waals surface area contributed by atoms with E-state index >= 15 is 0 Å². The van der Waals surface area contributed by atoms with Crippen LogP contribution in [0.25, 0.3) is 0 Å². The Kier molecular flexibility index (Phi) is 4.58. The summed E-state index contributed by atoms with van der Waals surface area (Å²) in [5.74, 6) is -0.423. The van der Waals surface area contributed by atoms with Crippen molar-refractivity contribution in [3.63, 3.8) is 0 Å². The molecule has 0 aliphatic rings. The molecule has 0 amide bonds. The normalized spacial score (nSPS) is 10.3. The second kappa shape index (κ2) is 5.72. The van der Waals surface area contributed by atoms with Crippen LogP contribution >= 0.6 is 28.1 Å². The zero-order valence-corrected chi connectivity index (χ0v) is 10.3. The van der Waals surface area contributed by atoms with Gasteiger partial charge in [-0.15, -0.1) is 0 Å². The molecule has 1 rings (SSSR count). The van der Waals surface area contributed by atoms with Crippen LogP contribution in [0.1, 0.15) is 10.4 Å². The molecule has 0 saturated heterocycles. The fourth-order valence-electron chi connectivity index (χ4n) is 1.01. The van der Waals surface area contributed by atoms with Crippen LogP contribution in [0.2, 0.25) is 0 Å². The monoisotopic (exact) mass is 285 g/mol. The summed E-state index contributed by atoms with van der Waals surface area (Å²) in [5, 5.41) is 1.38. The molecule has 0 aromatic heterocycles. The van der Waals surface area contributed by atoms with Crippen LogP contribution in [0.3, 0.4) is 0 Å². The van der Waals surface area contributed by atoms with Crippen molar-refractivity contribution in [3.05, 3.63) is 28.2 Å². The number of aliphatic imine (C=N–C) groups is 1. The Labute approximate surface area is 101 Å². The number of ether oxygens (including phenoxy) is 1. The second-order valence-corrected chi connectivity index (χ2v) is 3.76. The Morgan fingerprint density at radius 3 is 2.93 bits per heavy atom. The van der Waals surface area contributed by atoms with Gasteiger partial charge in [0.15, 0.2) is 0 Å². The maximum Gasteiger partial charge on any atom is 0.340 e. The van der Waals surface area contributed by atoms with Gasteiger partial charge in [0, 0.05) is 16.1 Å². The second-order valence-electron chi connectivity index (χ2n) is 2.57. The van der Waals surface area contributed by atoms with Crippen molar-refractivity contribution < 1.29 is 9.53 Å². The maximum atomic E-state index is 11.4. The summed E-state index contributed by atoms with van der Waals surface area (Å²) in [5.41, 5.74) is 0.936. The molecule has 0 atom stereocenters. The van der Waals surface area contributed by atoms with Gasteiger partial charge in [0.25, 0.3) is 0 Å². The number of halogens is 1. The van der Waals surface area contributed by atoms with Crippen LogP contribution in [0.15, 0.2) is 27.7 Å². The average molecular weight is 286 g/mol. The van der Waals surface area contributed by atoms with Gasteiger partial charge < -0.3 is 4.74 Å². The lowest BCUT2D eigenvalue weighted by Crippen LogP contribution is -2.01. The van der Waals surface area contributed by atoms with Gasteiger partial charge in [0.05, 0.1) is 18.4 Å². The van der Waals surface area contributed by atoms with Crippen molar-refractivity contribution in [2.75, 3.05) is 7.11 Å². The summed E-state index contributed by atoms with van der Waals surface area (Å²) >= 11 is 7.89. The molecular formula is C10H8BrNO2S. The summed E-state index contributed by atoms with van der Waals surface area (Å²) in [6, 6.07) is 5.16. The summed E-state index contributed by atoms with van der Waals surface area (Å²) in [6.07, 6.45) is 1.45. The molecule has 0 unspecified atom stereocenters. The van der Waals surface area contributed by atoms with E-state index in [9.17, 15) is 4.79 Å². The van der Waals surface area contributed by atoms with Crippen LogP contribution < -0.4 is 0 Å². The molecule has 0 fully saturated rings. The summed E-state index contributed by atoms with van der Waals surface area (Å²) in [7, 11) is 1.33. The molecule has 78 valence electrons. The van der Waals surface area contributed by atoms with Gasteiger partial charge >= 0.3 is 5.97 Å². The third kappa shape index (κ3) is 3.21. The van der Waals surface area contributed by atoms with Crippen molar-refractivity contribution in [1.82, 2.24) is 0 Å². The first-order chi connectivity index (χ1) is 7.19. The highest BCUT2D eigenvalue weighted by Gasteiger charge is 2.11. The number of benzene rings is 1. The highest BCUT2D eigenvalue weighted by Crippen LogP contribution is 2.23. The summed E-state index contributed by atoms with van der Waals surface area (Å²) < 4.78 is 5.44. The van der Waals surface area contributed by atoms with E-state index in [1.807, 2.05) is 0 Å². The van der Waals surface area contributed by atoms with Gasteiger partial charge in [-0.2, -0.15) is 0 Å². The van der Waals surface area contributed by atoms with E-state index < -0.39 is 5.97 Å². The molecule has 0 aliphatic heterocycles. The minimum atomic E-state index is -0.423. The van der Waals surface area contributed by atoms with Gasteiger partial charge in [0.2, 0.25) is 0 Å². The van der Waals surface area contributed by atoms with E-state index in [1.165, 1.54) is 18.7 Å². The molecule has 1 aromatic rings. The molecule has 0 bridgehead atoms. The van der Waals surface area contributed by atoms with Crippen molar-refractivity contribution >= 4 is 51.4 Å². The average Bonchev–Trinajstić information content (AvgIpc) is 2.26. The van der Waals surface area contributed by atoms with E-state index in [1.54, 1.807) is 18.2 Å². The molecule has 0 saturated carbocycles. The molecule has 0 aliphatic carbocycles. The Morgan fingerprint density at radius 1 is 1.60 bits per heavy atom. The first-order valence-corrected chi connectivity index (χ1v) is 5.31. The van der Waals surface area contributed by atoms with Gasteiger partial charge in [0.1, 0.15) is 0 Å². The minimum Gasteiger partial charge on any atom is -0.465 e. The SMILES string of the molecule is COC(=O)c1cc(Br)ccc1N=CC=S. The molecule has 0 N–H and O–H groups in total. The smallest absolute Gasteiger partial charge is 0.340 e. The standard InChI is InChI=1S/C10H8BrNO2S/c1-14-10(13)8-6-7(11)2-3-9(8)12-4-5-15/h2-6H,1H3. The van der Waals surface area contributed by atoms with E-state index in [0.717, 1.165) is 4.47 Å². The quantitative estimate of drug-likeness (QED) is 0.487. The molecule has 1 aromatic carbocycles. The Hall–Kier alpha value is -1.07. The van der Waals surface area contributed by atoms with Crippen LogP contribution in [0, 0.1) is 0 Å². The number of carbonyl (C=O) groups excluding carboxylic acids is 1. The van der Waals surface area contributed by atoms with Gasteiger partial charge in [-0.3, -0.25) is 4.99 Å². The van der Waals surface area contributed by atoms with Crippen molar-refractivity contribution in [1.29, 1.82) is 0 Å². The summed E-state index contributed by atoms with van der Waals surface area (Å²) in [4.78, 5) is 15.4. The highest BCUT2D eigenvalue weighted by molar-refractivity contribution is 9.10. The van der Waals surface area contributed by atoms with Crippen LogP contribution in [-0.2, 0) is 4.74 Å². The molecular weight excluding hydrogens is 278 g/mol. The molecule has 0 spiro atoms. The molecule has 3 nitrogen and oxygen atoms in total. The first kappa shape index (κ1) is 12.0. The van der Waals surface area contributed by atoms with Gasteiger partial charge in [-0.1, -0.05) is 28.1 Å². The van der Waals surface area contributed by atoms with Crippen LogP contribution in [0.5, 0.6) is 0 Å². The van der Waals surface area contributed by atoms with E-state index in [4.69, 9.17) is 0 Å². The predicted octanol–water partition coefficient (Wildman–Crippen LogP) is 2.94. The molecule has 0 radical (unpaired) electrons. The van der Waals surface area contributed by atoms with Crippen molar-refractivity contribution in [3.8, 4) is 0 Å². The fourth-order valence-corrected chi connectivity index (χ4v) is 1.43. The van der Waals surface area contributed by atoms with E-state index in [-0.39, 0.29) is 0 Å². The third-order valence-corrected chi connectivity index (χ3v) is 2.25. The maximum absolute atomic E-state index is 11.4. The number of thiocarbonyl (C=S) groups is 1. The van der Waals surface area contributed by atoms with Crippen molar-refractivity contribution in [2.45, 2.75) is 0 Å². The van der Waals surface area contributed by atoms with E-state index in [0.29, 0.717) is 11.3 Å². The Bertz CT molecular complexity index is 418. The van der Waals surface area contributed by atoms with Gasteiger partial charge in [-0.25, -0.2) is 4.79 Å². The molecule has 5 heteroatoms. The third-order valence-electron chi connectivity index (χ3n) is 1.64. The topological polar surface area (TPSA) is 38.7 Å². The lowest BCUT2D eigenvalue weighted by Gasteiger charge is -2.03. The fraction of sp³-hybridized carbons (Fsp3) is 0.100. The summed E-state index contributed by atoms with van der Waals surface area (Å²) in [6.45, 7) is 0. The lowest BCUT2D eigenvalue weighted by atomic mass is 10.2. The number of rotatable bonds is 3. The number of nitrogens with zero attached hydrogens (tertiary/aromatic N) is 1. The zero-order valence-electron chi connectivity index (χ0n) is 7.94. The minimum absolute atomic E-state index is 0.403. The lowest BCUT2D eigenvalue weighted by molar-refractivity contribution is 0.0601. The number of hydrogen-bond acceptors (Lipinski definition) is 4. The van der Waals surface area contributed by atoms with Gasteiger partial charge in [-0.05, 0) is 18.2 Å². The zero-order chi connectivity index (χ0) is 11.3. The van der Waals surface area contributed by atoms with Crippen LogP contribution in [0.4, 0.5) is 5.69 Å². The number of methoxy groups -OCH3 is 1. The molecule has 0 heterocycles. The number of esters is 1. The number of hydrogen-bond donors (Lipinski definition) is 0. The number of carbonyl (C=O) groups is 1. The Balaban J connectivity index is 3.19. The Morgan fingerprint density at radius 2 is 2.33 bits per heavy atom. The van der Waals surface area contributed by atoms with E-state index in [2.05, 4.69) is 37.9 Å². The predicted molar refractivity (Wildman–Crippen MR) is 67.3 cm³/mol.